The van der Waals surface area contributed by atoms with Gasteiger partial charge in [0.25, 0.3) is 10.1 Å². The smallest absolute Gasteiger partial charge is 0.325 e. The minimum absolute atomic E-state index is 0.0132. The van der Waals surface area contributed by atoms with Crippen molar-refractivity contribution in [3.63, 3.8) is 0 Å². The summed E-state index contributed by atoms with van der Waals surface area (Å²) in [5.41, 5.74) is 0. The predicted octanol–water partition coefficient (Wildman–Crippen LogP) is -1.69. The SMILES string of the molecule is CN[C@@H](CS(=O)(=O)O)C(=O)OC1C(=O)CCC1=O. The first kappa shape index (κ1) is 14.7. The Hall–Kier alpha value is -1.32. The zero-order chi connectivity index (χ0) is 13.9. The topological polar surface area (TPSA) is 127 Å². The van der Waals surface area contributed by atoms with Crippen LogP contribution in [0.4, 0.5) is 0 Å². The van der Waals surface area contributed by atoms with Crippen LogP contribution >= 0.6 is 0 Å². The molecule has 0 aromatic rings. The number of rotatable bonds is 5. The molecule has 0 unspecified atom stereocenters. The number of hydrogen-bond acceptors (Lipinski definition) is 7. The molecule has 0 radical (unpaired) electrons. The van der Waals surface area contributed by atoms with E-state index in [0.29, 0.717) is 0 Å². The molecular weight excluding hydrogens is 266 g/mol. The van der Waals surface area contributed by atoms with Crippen molar-refractivity contribution in [2.24, 2.45) is 0 Å². The van der Waals surface area contributed by atoms with Gasteiger partial charge in [-0.3, -0.25) is 18.9 Å². The van der Waals surface area contributed by atoms with Crippen molar-refractivity contribution >= 4 is 27.7 Å². The summed E-state index contributed by atoms with van der Waals surface area (Å²) in [6.07, 6.45) is -1.42. The highest BCUT2D eigenvalue weighted by molar-refractivity contribution is 7.85. The molecule has 102 valence electrons. The zero-order valence-corrected chi connectivity index (χ0v) is 10.4. The van der Waals surface area contributed by atoms with Crippen LogP contribution in [0.15, 0.2) is 0 Å². The molecule has 0 saturated heterocycles. The van der Waals surface area contributed by atoms with E-state index in [1.807, 2.05) is 0 Å². The first-order chi connectivity index (χ1) is 8.24. The van der Waals surface area contributed by atoms with Crippen LogP contribution in [-0.2, 0) is 29.2 Å². The highest BCUT2D eigenvalue weighted by atomic mass is 32.2. The molecule has 0 heterocycles. The number of carbonyl (C=O) groups excluding carboxylic acids is 3. The van der Waals surface area contributed by atoms with E-state index in [0.717, 1.165) is 0 Å². The number of ketones is 2. The van der Waals surface area contributed by atoms with Crippen LogP contribution in [0.1, 0.15) is 12.8 Å². The van der Waals surface area contributed by atoms with Crippen molar-refractivity contribution in [3.05, 3.63) is 0 Å². The molecule has 2 N–H and O–H groups in total. The molecule has 0 aromatic heterocycles. The van der Waals surface area contributed by atoms with E-state index in [4.69, 9.17) is 4.55 Å². The van der Waals surface area contributed by atoms with E-state index in [-0.39, 0.29) is 12.8 Å². The van der Waals surface area contributed by atoms with Crippen molar-refractivity contribution in [2.75, 3.05) is 12.8 Å². The van der Waals surface area contributed by atoms with Crippen molar-refractivity contribution in [2.45, 2.75) is 25.0 Å². The van der Waals surface area contributed by atoms with Gasteiger partial charge in [-0.1, -0.05) is 0 Å². The van der Waals surface area contributed by atoms with E-state index in [1.165, 1.54) is 7.05 Å². The maximum atomic E-state index is 11.5. The molecule has 1 saturated carbocycles. The Balaban J connectivity index is 2.68. The second-order valence-electron chi connectivity index (χ2n) is 3.84. The fourth-order valence-corrected chi connectivity index (χ4v) is 2.22. The maximum absolute atomic E-state index is 11.5. The number of likely N-dealkylation sites (N-methyl/N-ethyl adjacent to an activating group) is 1. The number of nitrogens with one attached hydrogen (secondary N) is 1. The minimum Gasteiger partial charge on any atom is -0.445 e. The maximum Gasteiger partial charge on any atom is 0.325 e. The molecular formula is C9H13NO7S. The van der Waals surface area contributed by atoms with Gasteiger partial charge in [-0.2, -0.15) is 8.42 Å². The second kappa shape index (κ2) is 5.55. The fourth-order valence-electron chi connectivity index (χ4n) is 1.50. The Morgan fingerprint density at radius 1 is 1.44 bits per heavy atom. The predicted molar refractivity (Wildman–Crippen MR) is 58.4 cm³/mol. The quantitative estimate of drug-likeness (QED) is 0.346. The van der Waals surface area contributed by atoms with Gasteiger partial charge in [-0.05, 0) is 7.05 Å². The van der Waals surface area contributed by atoms with E-state index < -0.39 is 45.6 Å². The largest absolute Gasteiger partial charge is 0.445 e. The van der Waals surface area contributed by atoms with Crippen LogP contribution in [0.25, 0.3) is 0 Å². The molecule has 1 aliphatic carbocycles. The van der Waals surface area contributed by atoms with Crippen molar-refractivity contribution in [1.29, 1.82) is 0 Å². The lowest BCUT2D eigenvalue weighted by atomic mass is 10.2. The van der Waals surface area contributed by atoms with Gasteiger partial charge in [-0.15, -0.1) is 0 Å². The molecule has 0 bridgehead atoms. The van der Waals surface area contributed by atoms with Crippen LogP contribution in [0.2, 0.25) is 0 Å². The lowest BCUT2D eigenvalue weighted by molar-refractivity contribution is -0.158. The Morgan fingerprint density at radius 2 is 1.94 bits per heavy atom. The number of carbonyl (C=O) groups is 3. The minimum atomic E-state index is -4.37. The third-order valence-corrected chi connectivity index (χ3v) is 3.20. The normalized spacial score (nSPS) is 19.0. The Bertz CT molecular complexity index is 453. The fraction of sp³-hybridized carbons (Fsp3) is 0.667. The van der Waals surface area contributed by atoms with Crippen LogP contribution in [0.3, 0.4) is 0 Å². The molecule has 1 rings (SSSR count). The van der Waals surface area contributed by atoms with Gasteiger partial charge in [0.2, 0.25) is 6.10 Å². The van der Waals surface area contributed by atoms with Crippen molar-refractivity contribution < 1.29 is 32.1 Å². The summed E-state index contributed by atoms with van der Waals surface area (Å²) in [5.74, 6) is -2.97. The average Bonchev–Trinajstić information content (AvgIpc) is 2.56. The van der Waals surface area contributed by atoms with Crippen LogP contribution < -0.4 is 5.32 Å². The second-order valence-corrected chi connectivity index (χ2v) is 5.34. The molecule has 9 heteroatoms. The molecule has 0 aliphatic heterocycles. The number of esters is 1. The van der Waals surface area contributed by atoms with E-state index >= 15 is 0 Å². The molecule has 8 nitrogen and oxygen atoms in total. The first-order valence-corrected chi connectivity index (χ1v) is 6.74. The highest BCUT2D eigenvalue weighted by Gasteiger charge is 2.38. The van der Waals surface area contributed by atoms with Crippen molar-refractivity contribution in [1.82, 2.24) is 5.32 Å². The van der Waals surface area contributed by atoms with Gasteiger partial charge in [0.15, 0.2) is 11.6 Å². The molecule has 0 spiro atoms. The van der Waals surface area contributed by atoms with Crippen LogP contribution in [-0.4, -0.2) is 55.5 Å². The molecule has 0 aromatic carbocycles. The number of ether oxygens (including phenoxy) is 1. The summed E-state index contributed by atoms with van der Waals surface area (Å²) in [7, 11) is -3.09. The summed E-state index contributed by atoms with van der Waals surface area (Å²) in [5, 5.41) is 2.33. The van der Waals surface area contributed by atoms with Gasteiger partial charge < -0.3 is 10.1 Å². The summed E-state index contributed by atoms with van der Waals surface area (Å²) in [6, 6.07) is -1.33. The van der Waals surface area contributed by atoms with Gasteiger partial charge in [0, 0.05) is 12.8 Å². The first-order valence-electron chi connectivity index (χ1n) is 5.13. The number of Topliss-reactive ketones (excluding diaryl/α,β-unsaturated/α-hetero) is 2. The molecule has 0 amide bonds. The summed E-state index contributed by atoms with van der Waals surface area (Å²) in [6.45, 7) is 0. The number of hydrogen-bond donors (Lipinski definition) is 2. The average molecular weight is 279 g/mol. The van der Waals surface area contributed by atoms with Gasteiger partial charge in [0.1, 0.15) is 11.8 Å². The standard InChI is InChI=1S/C9H13NO7S/c1-10-5(4-18(14,15)16)9(13)17-8-6(11)2-3-7(8)12/h5,8,10H,2-4H2,1H3,(H,14,15,16)/t5-/m0/s1. The van der Waals surface area contributed by atoms with Gasteiger partial charge >= 0.3 is 5.97 Å². The van der Waals surface area contributed by atoms with Crippen LogP contribution in [0, 0.1) is 0 Å². The Kier molecular flexibility index (Phi) is 4.54. The molecule has 1 atom stereocenters. The van der Waals surface area contributed by atoms with Crippen LogP contribution in [0.5, 0.6) is 0 Å². The molecule has 1 fully saturated rings. The van der Waals surface area contributed by atoms with Crippen molar-refractivity contribution in [3.8, 4) is 0 Å². The highest BCUT2D eigenvalue weighted by Crippen LogP contribution is 2.15. The van der Waals surface area contributed by atoms with E-state index in [9.17, 15) is 22.8 Å². The molecule has 18 heavy (non-hydrogen) atoms. The Labute approximate surface area is 103 Å². The van der Waals surface area contributed by atoms with E-state index in [1.54, 1.807) is 0 Å². The Morgan fingerprint density at radius 3 is 2.33 bits per heavy atom. The third-order valence-electron chi connectivity index (χ3n) is 2.45. The summed E-state index contributed by atoms with van der Waals surface area (Å²) < 4.78 is 34.6. The third kappa shape index (κ3) is 3.86. The molecule has 1 aliphatic rings. The monoisotopic (exact) mass is 279 g/mol. The van der Waals surface area contributed by atoms with E-state index in [2.05, 4.69) is 10.1 Å². The van der Waals surface area contributed by atoms with Gasteiger partial charge in [-0.25, -0.2) is 0 Å². The van der Waals surface area contributed by atoms with Gasteiger partial charge in [0.05, 0.1) is 0 Å². The zero-order valence-electron chi connectivity index (χ0n) is 9.58. The lowest BCUT2D eigenvalue weighted by Gasteiger charge is -2.16. The summed E-state index contributed by atoms with van der Waals surface area (Å²) in [4.78, 5) is 34.0. The summed E-state index contributed by atoms with van der Waals surface area (Å²) >= 11 is 0. The lowest BCUT2D eigenvalue weighted by Crippen LogP contribution is -2.44.